The highest BCUT2D eigenvalue weighted by Crippen LogP contribution is 2.33. The predicted octanol–water partition coefficient (Wildman–Crippen LogP) is 1.84. The van der Waals surface area contributed by atoms with Crippen LogP contribution >= 0.6 is 0 Å². The first kappa shape index (κ1) is 11.9. The topological polar surface area (TPSA) is 61.0 Å². The molecule has 2 bridgehead atoms. The van der Waals surface area contributed by atoms with Crippen molar-refractivity contribution in [3.8, 4) is 0 Å². The van der Waals surface area contributed by atoms with Crippen molar-refractivity contribution in [3.05, 3.63) is 24.4 Å². The predicted molar refractivity (Wildman–Crippen MR) is 77.4 cm³/mol. The summed E-state index contributed by atoms with van der Waals surface area (Å²) in [5.74, 6) is 0.879. The van der Waals surface area contributed by atoms with Crippen LogP contribution in [-0.2, 0) is 4.79 Å². The van der Waals surface area contributed by atoms with E-state index in [1.54, 1.807) is 6.20 Å². The maximum Gasteiger partial charge on any atom is 0.229 e. The average molecular weight is 270 g/mol. The molecule has 5 nitrogen and oxygen atoms in total. The van der Waals surface area contributed by atoms with Gasteiger partial charge in [0.25, 0.3) is 0 Å². The number of benzene rings is 1. The number of H-pyrrole nitrogens is 1. The summed E-state index contributed by atoms with van der Waals surface area (Å²) in [6.45, 7) is 3.24. The Kier molecular flexibility index (Phi) is 2.73. The number of piperidine rings is 3. The molecule has 4 heterocycles. The van der Waals surface area contributed by atoms with Crippen LogP contribution in [-0.4, -0.2) is 40.6 Å². The van der Waals surface area contributed by atoms with Gasteiger partial charge in [0.2, 0.25) is 5.91 Å². The highest BCUT2D eigenvalue weighted by Gasteiger charge is 2.38. The molecular weight excluding hydrogens is 252 g/mol. The van der Waals surface area contributed by atoms with Crippen LogP contribution in [0.3, 0.4) is 0 Å². The van der Waals surface area contributed by atoms with Gasteiger partial charge in [-0.2, -0.15) is 5.10 Å². The number of fused-ring (bicyclic) bond motifs is 4. The Hall–Kier alpha value is -1.88. The van der Waals surface area contributed by atoms with Crippen molar-refractivity contribution in [2.75, 3.05) is 25.0 Å². The van der Waals surface area contributed by atoms with Crippen LogP contribution in [0.1, 0.15) is 12.8 Å². The zero-order chi connectivity index (χ0) is 13.5. The average Bonchev–Trinajstić information content (AvgIpc) is 2.96. The molecule has 1 aromatic heterocycles. The first-order chi connectivity index (χ1) is 9.79. The second kappa shape index (κ2) is 4.59. The van der Waals surface area contributed by atoms with E-state index in [1.807, 2.05) is 18.2 Å². The Bertz CT molecular complexity index is 642. The van der Waals surface area contributed by atoms with E-state index in [0.717, 1.165) is 49.1 Å². The fraction of sp³-hybridized carbons (Fsp3) is 0.467. The molecule has 3 fully saturated rings. The van der Waals surface area contributed by atoms with E-state index in [4.69, 9.17) is 0 Å². The molecule has 2 aromatic rings. The van der Waals surface area contributed by atoms with E-state index in [1.165, 1.54) is 0 Å². The van der Waals surface area contributed by atoms with Crippen molar-refractivity contribution in [1.82, 2.24) is 15.1 Å². The number of aromatic nitrogens is 2. The molecule has 1 unspecified atom stereocenters. The fourth-order valence-corrected chi connectivity index (χ4v) is 3.51. The second-order valence-electron chi connectivity index (χ2n) is 5.91. The van der Waals surface area contributed by atoms with E-state index >= 15 is 0 Å². The smallest absolute Gasteiger partial charge is 0.229 e. The molecule has 2 N–H and O–H groups in total. The monoisotopic (exact) mass is 270 g/mol. The van der Waals surface area contributed by atoms with E-state index in [2.05, 4.69) is 20.4 Å². The van der Waals surface area contributed by atoms with Gasteiger partial charge in [0.05, 0.1) is 17.6 Å². The molecule has 1 aromatic carbocycles. The molecule has 3 saturated heterocycles. The lowest BCUT2D eigenvalue weighted by Crippen LogP contribution is -2.51. The summed E-state index contributed by atoms with van der Waals surface area (Å²) in [6, 6.07) is 5.86. The molecular formula is C15H18N4O. The summed E-state index contributed by atoms with van der Waals surface area (Å²) in [6.07, 6.45) is 4.11. The van der Waals surface area contributed by atoms with Gasteiger partial charge in [0.15, 0.2) is 0 Å². The van der Waals surface area contributed by atoms with Crippen molar-refractivity contribution in [3.63, 3.8) is 0 Å². The lowest BCUT2D eigenvalue weighted by Gasteiger charge is -2.43. The Morgan fingerprint density at radius 3 is 2.95 bits per heavy atom. The summed E-state index contributed by atoms with van der Waals surface area (Å²) >= 11 is 0. The number of anilines is 1. The summed E-state index contributed by atoms with van der Waals surface area (Å²) < 4.78 is 0. The van der Waals surface area contributed by atoms with Gasteiger partial charge in [-0.1, -0.05) is 0 Å². The van der Waals surface area contributed by atoms with Crippen LogP contribution < -0.4 is 5.32 Å². The molecule has 0 aliphatic carbocycles. The number of hydrogen-bond donors (Lipinski definition) is 2. The van der Waals surface area contributed by atoms with Crippen molar-refractivity contribution >= 4 is 22.5 Å². The zero-order valence-corrected chi connectivity index (χ0v) is 11.3. The second-order valence-corrected chi connectivity index (χ2v) is 5.91. The number of amides is 1. The van der Waals surface area contributed by atoms with Gasteiger partial charge in [0, 0.05) is 17.6 Å². The van der Waals surface area contributed by atoms with Gasteiger partial charge in [0.1, 0.15) is 0 Å². The van der Waals surface area contributed by atoms with E-state index in [-0.39, 0.29) is 11.8 Å². The fourth-order valence-electron chi connectivity index (χ4n) is 3.51. The van der Waals surface area contributed by atoms with Crippen LogP contribution in [0.15, 0.2) is 24.4 Å². The molecule has 5 rings (SSSR count). The number of nitrogens with zero attached hydrogens (tertiary/aromatic N) is 2. The Morgan fingerprint density at radius 2 is 2.20 bits per heavy atom. The molecule has 20 heavy (non-hydrogen) atoms. The standard InChI is InChI=1S/C15H18N4O/c20-15(13-9-19-5-3-10(13)4-6-19)17-12-2-1-11-8-16-18-14(11)7-12/h1-2,7-8,10,13H,3-6,9H2,(H,16,18)(H,17,20). The lowest BCUT2D eigenvalue weighted by atomic mass is 9.78. The number of rotatable bonds is 2. The largest absolute Gasteiger partial charge is 0.326 e. The maximum atomic E-state index is 12.5. The summed E-state index contributed by atoms with van der Waals surface area (Å²) in [5.41, 5.74) is 1.81. The summed E-state index contributed by atoms with van der Waals surface area (Å²) in [7, 11) is 0. The molecule has 1 amide bonds. The minimum atomic E-state index is 0.148. The number of hydrogen-bond acceptors (Lipinski definition) is 3. The summed E-state index contributed by atoms with van der Waals surface area (Å²) in [5, 5.41) is 11.1. The minimum Gasteiger partial charge on any atom is -0.326 e. The number of carbonyl (C=O) groups is 1. The van der Waals surface area contributed by atoms with Crippen molar-refractivity contribution in [2.24, 2.45) is 11.8 Å². The van der Waals surface area contributed by atoms with Gasteiger partial charge < -0.3 is 10.2 Å². The lowest BCUT2D eigenvalue weighted by molar-refractivity contribution is -0.125. The van der Waals surface area contributed by atoms with Gasteiger partial charge in [-0.15, -0.1) is 0 Å². The molecule has 1 atom stereocenters. The quantitative estimate of drug-likeness (QED) is 0.875. The highest BCUT2D eigenvalue weighted by atomic mass is 16.1. The highest BCUT2D eigenvalue weighted by molar-refractivity contribution is 5.95. The van der Waals surface area contributed by atoms with E-state index < -0.39 is 0 Å². The summed E-state index contributed by atoms with van der Waals surface area (Å²) in [4.78, 5) is 14.9. The number of carbonyl (C=O) groups excluding carboxylic acids is 1. The van der Waals surface area contributed by atoms with Crippen LogP contribution in [0.25, 0.3) is 10.9 Å². The zero-order valence-electron chi connectivity index (χ0n) is 11.3. The van der Waals surface area contributed by atoms with Crippen molar-refractivity contribution in [2.45, 2.75) is 12.8 Å². The van der Waals surface area contributed by atoms with Gasteiger partial charge >= 0.3 is 0 Å². The van der Waals surface area contributed by atoms with Crippen LogP contribution in [0.4, 0.5) is 5.69 Å². The van der Waals surface area contributed by atoms with E-state index in [0.29, 0.717) is 5.92 Å². The SMILES string of the molecule is O=C(Nc1ccc2cn[nH]c2c1)C1CN2CCC1CC2. The third kappa shape index (κ3) is 1.98. The number of nitrogens with one attached hydrogen (secondary N) is 2. The molecule has 104 valence electrons. The van der Waals surface area contributed by atoms with Crippen LogP contribution in [0.2, 0.25) is 0 Å². The van der Waals surface area contributed by atoms with E-state index in [9.17, 15) is 4.79 Å². The van der Waals surface area contributed by atoms with Crippen LogP contribution in [0, 0.1) is 11.8 Å². The number of aromatic amines is 1. The van der Waals surface area contributed by atoms with Crippen molar-refractivity contribution in [1.29, 1.82) is 0 Å². The molecule has 0 radical (unpaired) electrons. The maximum absolute atomic E-state index is 12.5. The minimum absolute atomic E-state index is 0.148. The Morgan fingerprint density at radius 1 is 1.35 bits per heavy atom. The van der Waals surface area contributed by atoms with Crippen LogP contribution in [0.5, 0.6) is 0 Å². The third-order valence-electron chi connectivity index (χ3n) is 4.70. The molecule has 3 aliphatic heterocycles. The molecule has 3 aliphatic rings. The Labute approximate surface area is 117 Å². The van der Waals surface area contributed by atoms with Gasteiger partial charge in [-0.3, -0.25) is 9.89 Å². The normalized spacial score (nSPS) is 28.7. The molecule has 5 heteroatoms. The first-order valence-corrected chi connectivity index (χ1v) is 7.26. The van der Waals surface area contributed by atoms with Crippen molar-refractivity contribution < 1.29 is 4.79 Å². The third-order valence-corrected chi connectivity index (χ3v) is 4.70. The Balaban J connectivity index is 1.51. The first-order valence-electron chi connectivity index (χ1n) is 7.26. The molecule has 0 spiro atoms. The van der Waals surface area contributed by atoms with Gasteiger partial charge in [-0.25, -0.2) is 0 Å². The van der Waals surface area contributed by atoms with Gasteiger partial charge in [-0.05, 0) is 50.0 Å². The molecule has 0 saturated carbocycles.